The second-order valence-electron chi connectivity index (χ2n) is 10.6. The van der Waals surface area contributed by atoms with E-state index in [2.05, 4.69) is 15.7 Å². The fourth-order valence-electron chi connectivity index (χ4n) is 6.00. The fourth-order valence-corrected chi connectivity index (χ4v) is 6.00. The van der Waals surface area contributed by atoms with Crippen LogP contribution in [0.1, 0.15) is 88.4 Å². The average molecular weight is 527 g/mol. The maximum Gasteiger partial charge on any atom is 0.249 e. The largest absolute Gasteiger partial charge is 0.296 e. The van der Waals surface area contributed by atoms with E-state index < -0.39 is 35.0 Å². The third kappa shape index (κ3) is 7.05. The van der Waals surface area contributed by atoms with Crippen molar-refractivity contribution >= 4 is 17.6 Å². The number of hydrogen-bond donors (Lipinski definition) is 4. The summed E-state index contributed by atoms with van der Waals surface area (Å²) >= 11 is 0. The summed E-state index contributed by atoms with van der Waals surface area (Å²) in [6, 6.07) is 8.13. The number of hydrazine groups is 1. The van der Waals surface area contributed by atoms with E-state index >= 15 is 0 Å². The molecule has 3 atom stereocenters. The van der Waals surface area contributed by atoms with Crippen LogP contribution >= 0.6 is 0 Å². The Hall–Kier alpha value is -3.11. The summed E-state index contributed by atoms with van der Waals surface area (Å²) in [7, 11) is 0. The molecule has 0 spiro atoms. The smallest absolute Gasteiger partial charge is 0.249 e. The van der Waals surface area contributed by atoms with Gasteiger partial charge in [-0.15, -0.1) is 5.10 Å². The van der Waals surface area contributed by atoms with E-state index in [1.807, 2.05) is 37.3 Å². The molecule has 1 heterocycles. The second-order valence-corrected chi connectivity index (χ2v) is 10.6. The van der Waals surface area contributed by atoms with E-state index in [9.17, 15) is 19.6 Å². The molecule has 38 heavy (non-hydrogen) atoms. The molecule has 1 saturated carbocycles. The van der Waals surface area contributed by atoms with Gasteiger partial charge in [-0.25, -0.2) is 16.0 Å². The number of rotatable bonds is 14. The Morgan fingerprint density at radius 2 is 1.89 bits per heavy atom. The summed E-state index contributed by atoms with van der Waals surface area (Å²) < 4.78 is 1.37. The molecule has 0 saturated heterocycles. The number of nitrogens with two attached hydrogens (primary N) is 1. The van der Waals surface area contributed by atoms with E-state index in [4.69, 9.17) is 5.84 Å². The van der Waals surface area contributed by atoms with Gasteiger partial charge >= 0.3 is 0 Å². The van der Waals surface area contributed by atoms with Crippen LogP contribution in [-0.4, -0.2) is 37.8 Å². The Labute approximate surface area is 224 Å². The summed E-state index contributed by atoms with van der Waals surface area (Å²) in [4.78, 5) is 41.2. The number of Topliss-reactive ketones (excluding diaryl/α,β-unsaturated/α-hetero) is 1. The Morgan fingerprint density at radius 1 is 1.18 bits per heavy atom. The highest BCUT2D eigenvalue weighted by Crippen LogP contribution is 2.39. The Balaban J connectivity index is 2.03. The van der Waals surface area contributed by atoms with E-state index in [-0.39, 0.29) is 12.8 Å². The summed E-state index contributed by atoms with van der Waals surface area (Å²) in [5.74, 6) is 3.53. The minimum Gasteiger partial charge on any atom is -0.296 e. The second kappa shape index (κ2) is 14.2. The number of aromatic nitrogens is 3. The SMILES string of the molecule is CCCC(Cc1ccccc1)(C(=O)NN)C(=O)[C@@H]([C@H](CCCC1CCCCC1)C(=O)NO)n1cc(C)nn1. The Morgan fingerprint density at radius 3 is 2.47 bits per heavy atom. The van der Waals surface area contributed by atoms with Crippen LogP contribution in [0.2, 0.25) is 0 Å². The van der Waals surface area contributed by atoms with Gasteiger partial charge in [0.15, 0.2) is 5.78 Å². The topological polar surface area (TPSA) is 152 Å². The first-order chi connectivity index (χ1) is 18.4. The van der Waals surface area contributed by atoms with Gasteiger partial charge in [-0.3, -0.25) is 25.0 Å². The summed E-state index contributed by atoms with van der Waals surface area (Å²) in [6.45, 7) is 3.64. The average Bonchev–Trinajstić information content (AvgIpc) is 3.37. The Bertz CT molecular complexity index is 1050. The maximum absolute atomic E-state index is 14.6. The van der Waals surface area contributed by atoms with Crippen molar-refractivity contribution in [1.29, 1.82) is 0 Å². The van der Waals surface area contributed by atoms with Crippen LogP contribution in [0.3, 0.4) is 0 Å². The summed E-state index contributed by atoms with van der Waals surface area (Å²) in [6.07, 6.45) is 10.5. The monoisotopic (exact) mass is 526 g/mol. The zero-order chi connectivity index (χ0) is 27.5. The molecule has 1 unspecified atom stereocenters. The number of nitrogens with zero attached hydrogens (tertiary/aromatic N) is 3. The molecule has 10 heteroatoms. The summed E-state index contributed by atoms with van der Waals surface area (Å²) in [5, 5.41) is 17.9. The van der Waals surface area contributed by atoms with Gasteiger partial charge < -0.3 is 0 Å². The van der Waals surface area contributed by atoms with Crippen molar-refractivity contribution < 1.29 is 19.6 Å². The van der Waals surface area contributed by atoms with Gasteiger partial charge in [0.25, 0.3) is 0 Å². The number of ketones is 1. The van der Waals surface area contributed by atoms with E-state index in [1.54, 1.807) is 18.6 Å². The van der Waals surface area contributed by atoms with Crippen molar-refractivity contribution in [2.24, 2.45) is 23.1 Å². The van der Waals surface area contributed by atoms with Gasteiger partial charge in [-0.1, -0.05) is 93.8 Å². The third-order valence-corrected chi connectivity index (χ3v) is 7.92. The quantitative estimate of drug-likeness (QED) is 0.0965. The minimum atomic E-state index is -1.55. The summed E-state index contributed by atoms with van der Waals surface area (Å²) in [5.41, 5.74) is 3.80. The van der Waals surface area contributed by atoms with Gasteiger partial charge in [0.1, 0.15) is 11.5 Å². The van der Waals surface area contributed by atoms with Gasteiger partial charge in [-0.05, 0) is 37.7 Å². The molecule has 2 amide bonds. The lowest BCUT2D eigenvalue weighted by Crippen LogP contribution is -2.54. The normalized spacial score (nSPS) is 17.3. The first-order valence-corrected chi connectivity index (χ1v) is 13.8. The van der Waals surface area contributed by atoms with Gasteiger partial charge in [0.05, 0.1) is 11.6 Å². The highest BCUT2D eigenvalue weighted by molar-refractivity contribution is 6.09. The first-order valence-electron chi connectivity index (χ1n) is 13.8. The number of amides is 2. The molecule has 1 aliphatic carbocycles. The van der Waals surface area contributed by atoms with Crippen LogP contribution in [0, 0.1) is 24.2 Å². The van der Waals surface area contributed by atoms with E-state index in [1.165, 1.54) is 36.8 Å². The first kappa shape index (κ1) is 29.4. The number of benzene rings is 1. The van der Waals surface area contributed by atoms with E-state index in [0.29, 0.717) is 30.9 Å². The van der Waals surface area contributed by atoms with Crippen LogP contribution in [0.15, 0.2) is 36.5 Å². The van der Waals surface area contributed by atoms with Crippen molar-refractivity contribution in [3.05, 3.63) is 47.8 Å². The third-order valence-electron chi connectivity index (χ3n) is 7.92. The number of hydroxylamine groups is 1. The number of hydrogen-bond acceptors (Lipinski definition) is 7. The molecule has 1 aromatic heterocycles. The molecule has 0 aliphatic heterocycles. The minimum absolute atomic E-state index is 0.114. The molecule has 208 valence electrons. The lowest BCUT2D eigenvalue weighted by Gasteiger charge is -2.36. The molecule has 1 aliphatic rings. The molecule has 3 rings (SSSR count). The lowest BCUT2D eigenvalue weighted by molar-refractivity contribution is -0.150. The molecule has 2 aromatic rings. The number of carbonyl (C=O) groups is 3. The zero-order valence-corrected chi connectivity index (χ0v) is 22.6. The van der Waals surface area contributed by atoms with Gasteiger partial charge in [0.2, 0.25) is 11.8 Å². The van der Waals surface area contributed by atoms with Crippen molar-refractivity contribution in [1.82, 2.24) is 25.9 Å². The van der Waals surface area contributed by atoms with Crippen LogP contribution in [-0.2, 0) is 20.8 Å². The van der Waals surface area contributed by atoms with Gasteiger partial charge in [-0.2, -0.15) is 0 Å². The zero-order valence-electron chi connectivity index (χ0n) is 22.6. The van der Waals surface area contributed by atoms with Crippen LogP contribution in [0.25, 0.3) is 0 Å². The van der Waals surface area contributed by atoms with Gasteiger partial charge in [0, 0.05) is 6.20 Å². The van der Waals surface area contributed by atoms with Crippen molar-refractivity contribution in [3.8, 4) is 0 Å². The van der Waals surface area contributed by atoms with Crippen molar-refractivity contribution in [2.75, 3.05) is 0 Å². The number of carbonyl (C=O) groups excluding carboxylic acids is 3. The van der Waals surface area contributed by atoms with Crippen molar-refractivity contribution in [2.45, 2.75) is 90.5 Å². The number of nitrogens with one attached hydrogen (secondary N) is 2. The molecule has 5 N–H and O–H groups in total. The van der Waals surface area contributed by atoms with Crippen LogP contribution in [0.5, 0.6) is 0 Å². The molecular formula is C28H42N6O4. The van der Waals surface area contributed by atoms with Crippen LogP contribution in [0.4, 0.5) is 0 Å². The molecule has 10 nitrogen and oxygen atoms in total. The molecular weight excluding hydrogens is 484 g/mol. The standard InChI is InChI=1S/C28H42N6O4/c1-3-17-28(27(37)30-29,18-22-13-8-5-9-14-22)25(35)24(34-19-20(2)31-33-34)23(26(36)32-38)16-10-15-21-11-6-4-7-12-21/h5,8-9,13-14,19,21,23-24,38H,3-4,6-7,10-12,15-18,29H2,1-2H3,(H,30,37)(H,32,36)/t23-,24+,28?/m0/s1. The molecule has 1 aromatic carbocycles. The predicted molar refractivity (Wildman–Crippen MR) is 142 cm³/mol. The lowest BCUT2D eigenvalue weighted by atomic mass is 9.69. The predicted octanol–water partition coefficient (Wildman–Crippen LogP) is 3.59. The highest BCUT2D eigenvalue weighted by atomic mass is 16.5. The molecule has 0 bridgehead atoms. The Kier molecular flexibility index (Phi) is 11.0. The molecule has 1 fully saturated rings. The fraction of sp³-hybridized carbons (Fsp3) is 0.607. The number of aryl methyl sites for hydroxylation is 1. The van der Waals surface area contributed by atoms with E-state index in [0.717, 1.165) is 12.0 Å². The van der Waals surface area contributed by atoms with Crippen LogP contribution < -0.4 is 16.7 Å². The maximum atomic E-state index is 14.6. The van der Waals surface area contributed by atoms with Crippen molar-refractivity contribution in [3.63, 3.8) is 0 Å². The molecule has 0 radical (unpaired) electrons. The highest BCUT2D eigenvalue weighted by Gasteiger charge is 2.51.